The first-order chi connectivity index (χ1) is 8.28. The maximum absolute atomic E-state index is 5.90. The quantitative estimate of drug-likeness (QED) is 0.799. The lowest BCUT2D eigenvalue weighted by Gasteiger charge is -2.33. The van der Waals surface area contributed by atoms with Crippen molar-refractivity contribution in [2.45, 2.75) is 44.8 Å². The molecule has 17 heavy (non-hydrogen) atoms. The minimum Gasteiger partial charge on any atom is -0.367 e. The fourth-order valence-corrected chi connectivity index (χ4v) is 2.60. The number of nitrogens with zero attached hydrogens (tertiary/aromatic N) is 2. The van der Waals surface area contributed by atoms with Crippen LogP contribution in [0.5, 0.6) is 0 Å². The van der Waals surface area contributed by atoms with E-state index in [4.69, 9.17) is 9.72 Å². The molecule has 2 aliphatic rings. The number of aromatic nitrogens is 2. The van der Waals surface area contributed by atoms with Gasteiger partial charge in [0.05, 0.1) is 0 Å². The Bertz CT molecular complexity index is 413. The lowest BCUT2D eigenvalue weighted by atomic mass is 9.94. The maximum atomic E-state index is 5.90. The third-order valence-corrected chi connectivity index (χ3v) is 3.75. The fourth-order valence-electron chi connectivity index (χ4n) is 2.60. The molecule has 0 spiro atoms. The summed E-state index contributed by atoms with van der Waals surface area (Å²) < 4.78 is 5.90. The molecule has 0 radical (unpaired) electrons. The lowest BCUT2D eigenvalue weighted by molar-refractivity contribution is -0.0762. The van der Waals surface area contributed by atoms with Crippen molar-refractivity contribution < 1.29 is 4.74 Å². The zero-order valence-electron chi connectivity index (χ0n) is 10.3. The van der Waals surface area contributed by atoms with E-state index in [9.17, 15) is 0 Å². The summed E-state index contributed by atoms with van der Waals surface area (Å²) in [6.07, 6.45) is 6.36. The van der Waals surface area contributed by atoms with Crippen molar-refractivity contribution in [3.8, 4) is 0 Å². The van der Waals surface area contributed by atoms with Crippen LogP contribution in [-0.4, -0.2) is 23.1 Å². The smallest absolute Gasteiger partial charge is 0.160 e. The summed E-state index contributed by atoms with van der Waals surface area (Å²) in [6.45, 7) is 4.86. The van der Waals surface area contributed by atoms with Gasteiger partial charge in [0, 0.05) is 43.6 Å². The molecular weight excluding hydrogens is 214 g/mol. The van der Waals surface area contributed by atoms with Crippen LogP contribution in [0.25, 0.3) is 0 Å². The summed E-state index contributed by atoms with van der Waals surface area (Å²) in [6, 6.07) is 0. The van der Waals surface area contributed by atoms with Crippen LogP contribution in [0.4, 0.5) is 0 Å². The van der Waals surface area contributed by atoms with Crippen LogP contribution in [0.15, 0.2) is 6.20 Å². The molecule has 1 unspecified atom stereocenters. The molecule has 3 rings (SSSR count). The highest BCUT2D eigenvalue weighted by Gasteiger charge is 2.33. The van der Waals surface area contributed by atoms with E-state index >= 15 is 0 Å². The molecule has 0 amide bonds. The lowest BCUT2D eigenvalue weighted by Crippen LogP contribution is -2.34. The van der Waals surface area contributed by atoms with E-state index in [1.165, 1.54) is 17.7 Å². The number of ether oxygens (including phenoxy) is 1. The standard InChI is InChI=1S/C13H19N3O/c1-13(5-2-3-7-17-13)12-15-9-10-8-14-6-4-11(10)16-12/h9,14H,2-8H2,1H3. The monoisotopic (exact) mass is 233 g/mol. The molecule has 1 aromatic heterocycles. The normalized spacial score (nSPS) is 28.8. The predicted octanol–water partition coefficient (Wildman–Crippen LogP) is 1.54. The molecule has 2 aliphatic heterocycles. The number of nitrogens with one attached hydrogen (secondary N) is 1. The van der Waals surface area contributed by atoms with Crippen LogP contribution >= 0.6 is 0 Å². The van der Waals surface area contributed by atoms with E-state index in [1.807, 2.05) is 6.20 Å². The Morgan fingerprint density at radius 1 is 1.41 bits per heavy atom. The Morgan fingerprint density at radius 2 is 2.35 bits per heavy atom. The van der Waals surface area contributed by atoms with E-state index in [0.717, 1.165) is 44.8 Å². The van der Waals surface area contributed by atoms with E-state index in [1.54, 1.807) is 0 Å². The molecule has 0 saturated carbocycles. The van der Waals surface area contributed by atoms with E-state index in [0.29, 0.717) is 0 Å². The summed E-state index contributed by atoms with van der Waals surface area (Å²) in [5, 5.41) is 3.34. The van der Waals surface area contributed by atoms with Gasteiger partial charge in [0.15, 0.2) is 5.82 Å². The van der Waals surface area contributed by atoms with E-state index < -0.39 is 0 Å². The molecule has 1 fully saturated rings. The van der Waals surface area contributed by atoms with Gasteiger partial charge in [-0.2, -0.15) is 0 Å². The Labute approximate surface area is 102 Å². The third-order valence-electron chi connectivity index (χ3n) is 3.75. The first-order valence-corrected chi connectivity index (χ1v) is 6.48. The first kappa shape index (κ1) is 11.1. The largest absolute Gasteiger partial charge is 0.367 e. The highest BCUT2D eigenvalue weighted by molar-refractivity contribution is 5.21. The van der Waals surface area contributed by atoms with Gasteiger partial charge in [0.1, 0.15) is 5.60 Å². The Hall–Kier alpha value is -1.00. The topological polar surface area (TPSA) is 47.0 Å². The van der Waals surface area contributed by atoms with Crippen LogP contribution in [-0.2, 0) is 23.3 Å². The summed E-state index contributed by atoms with van der Waals surface area (Å²) in [5.74, 6) is 0.873. The fraction of sp³-hybridized carbons (Fsp3) is 0.692. The molecule has 3 heterocycles. The van der Waals surface area contributed by atoms with Gasteiger partial charge in [-0.15, -0.1) is 0 Å². The van der Waals surface area contributed by atoms with Crippen molar-refractivity contribution in [3.63, 3.8) is 0 Å². The second-order valence-corrected chi connectivity index (χ2v) is 5.13. The molecule has 0 aliphatic carbocycles. The summed E-state index contributed by atoms with van der Waals surface area (Å²) >= 11 is 0. The van der Waals surface area contributed by atoms with E-state index in [2.05, 4.69) is 17.2 Å². The predicted molar refractivity (Wildman–Crippen MR) is 64.6 cm³/mol. The minimum atomic E-state index is -0.266. The van der Waals surface area contributed by atoms with Crippen LogP contribution in [0, 0.1) is 0 Å². The molecule has 1 aromatic rings. The van der Waals surface area contributed by atoms with Crippen molar-refractivity contribution in [1.82, 2.24) is 15.3 Å². The molecule has 0 aromatic carbocycles. The highest BCUT2D eigenvalue weighted by atomic mass is 16.5. The van der Waals surface area contributed by atoms with Crippen LogP contribution < -0.4 is 5.32 Å². The van der Waals surface area contributed by atoms with Gasteiger partial charge in [-0.3, -0.25) is 0 Å². The average Bonchev–Trinajstić information content (AvgIpc) is 2.39. The number of rotatable bonds is 1. The second-order valence-electron chi connectivity index (χ2n) is 5.13. The molecule has 92 valence electrons. The van der Waals surface area contributed by atoms with Gasteiger partial charge in [-0.05, 0) is 26.2 Å². The third kappa shape index (κ3) is 2.07. The molecule has 4 heteroatoms. The first-order valence-electron chi connectivity index (χ1n) is 6.48. The van der Waals surface area contributed by atoms with Gasteiger partial charge in [-0.25, -0.2) is 9.97 Å². The Balaban J connectivity index is 1.92. The summed E-state index contributed by atoms with van der Waals surface area (Å²) in [7, 11) is 0. The number of hydrogen-bond donors (Lipinski definition) is 1. The zero-order valence-corrected chi connectivity index (χ0v) is 10.3. The minimum absolute atomic E-state index is 0.266. The van der Waals surface area contributed by atoms with Gasteiger partial charge in [0.25, 0.3) is 0 Å². The van der Waals surface area contributed by atoms with Crippen LogP contribution in [0.2, 0.25) is 0 Å². The van der Waals surface area contributed by atoms with Crippen molar-refractivity contribution in [2.75, 3.05) is 13.2 Å². The Kier molecular flexibility index (Phi) is 2.84. The maximum Gasteiger partial charge on any atom is 0.160 e. The van der Waals surface area contributed by atoms with Crippen molar-refractivity contribution in [2.24, 2.45) is 0 Å². The summed E-state index contributed by atoms with van der Waals surface area (Å²) in [4.78, 5) is 9.24. The number of hydrogen-bond acceptors (Lipinski definition) is 4. The molecule has 1 N–H and O–H groups in total. The van der Waals surface area contributed by atoms with Crippen molar-refractivity contribution >= 4 is 0 Å². The molecule has 1 saturated heterocycles. The zero-order chi connectivity index (χ0) is 11.7. The number of fused-ring (bicyclic) bond motifs is 1. The van der Waals surface area contributed by atoms with Gasteiger partial charge in [0.2, 0.25) is 0 Å². The van der Waals surface area contributed by atoms with Gasteiger partial charge in [-0.1, -0.05) is 0 Å². The van der Waals surface area contributed by atoms with Crippen molar-refractivity contribution in [1.29, 1.82) is 0 Å². The molecule has 1 atom stereocenters. The highest BCUT2D eigenvalue weighted by Crippen LogP contribution is 2.32. The van der Waals surface area contributed by atoms with Crippen molar-refractivity contribution in [3.05, 3.63) is 23.3 Å². The van der Waals surface area contributed by atoms with Crippen LogP contribution in [0.1, 0.15) is 43.3 Å². The molecule has 4 nitrogen and oxygen atoms in total. The average molecular weight is 233 g/mol. The molecular formula is C13H19N3O. The second kappa shape index (κ2) is 4.35. The Morgan fingerprint density at radius 3 is 3.18 bits per heavy atom. The van der Waals surface area contributed by atoms with E-state index in [-0.39, 0.29) is 5.60 Å². The molecule has 0 bridgehead atoms. The van der Waals surface area contributed by atoms with Gasteiger partial charge < -0.3 is 10.1 Å². The van der Waals surface area contributed by atoms with Crippen LogP contribution in [0.3, 0.4) is 0 Å². The summed E-state index contributed by atoms with van der Waals surface area (Å²) in [5.41, 5.74) is 2.17. The van der Waals surface area contributed by atoms with Gasteiger partial charge >= 0.3 is 0 Å². The SMILES string of the molecule is CC1(c2ncc3c(n2)CCNC3)CCCCO1.